The predicted octanol–water partition coefficient (Wildman–Crippen LogP) is 4.01. The minimum atomic E-state index is 0.976. The normalized spacial score (nSPS) is 10.8. The molecule has 3 heteroatoms. The largest absolute Gasteiger partial charge is 0.384 e. The van der Waals surface area contributed by atoms with Crippen molar-refractivity contribution in [3.63, 3.8) is 0 Å². The van der Waals surface area contributed by atoms with Gasteiger partial charge in [-0.25, -0.2) is 0 Å². The van der Waals surface area contributed by atoms with Gasteiger partial charge in [-0.2, -0.15) is 0 Å². The van der Waals surface area contributed by atoms with E-state index in [1.54, 1.807) is 0 Å². The van der Waals surface area contributed by atoms with Gasteiger partial charge in [0.05, 0.1) is 0 Å². The molecule has 2 nitrogen and oxygen atoms in total. The molecule has 0 saturated heterocycles. The molecule has 106 valence electrons. The van der Waals surface area contributed by atoms with E-state index in [1.807, 2.05) is 12.1 Å². The van der Waals surface area contributed by atoms with Gasteiger partial charge in [-0.3, -0.25) is 0 Å². The summed E-state index contributed by atoms with van der Waals surface area (Å²) in [6.45, 7) is 2.07. The number of nitrogens with zero attached hydrogens (tertiary/aromatic N) is 1. The molecular weight excluding hydrogens is 264 g/mol. The zero-order chi connectivity index (χ0) is 14.4. The third-order valence-electron chi connectivity index (χ3n) is 3.22. The zero-order valence-corrected chi connectivity index (χ0v) is 13.0. The van der Waals surface area contributed by atoms with E-state index in [-0.39, 0.29) is 0 Å². The van der Waals surface area contributed by atoms with Crippen LogP contribution in [0, 0.1) is 0 Å². The molecule has 0 saturated carbocycles. The van der Waals surface area contributed by atoms with Gasteiger partial charge in [0, 0.05) is 22.7 Å². The van der Waals surface area contributed by atoms with Gasteiger partial charge in [0.15, 0.2) is 0 Å². The molecule has 0 atom stereocenters. The zero-order valence-electron chi connectivity index (χ0n) is 12.1. The molecule has 0 unspecified atom stereocenters. The molecule has 0 bridgehead atoms. The number of para-hydroxylation sites is 1. The Morgan fingerprint density at radius 3 is 2.30 bits per heavy atom. The number of hydrogen-bond donors (Lipinski definition) is 2. The van der Waals surface area contributed by atoms with Gasteiger partial charge in [0.1, 0.15) is 0 Å². The van der Waals surface area contributed by atoms with Gasteiger partial charge in [-0.15, -0.1) is 12.6 Å². The molecule has 0 spiro atoms. The molecule has 1 N–H and O–H groups in total. The number of rotatable bonds is 6. The Balaban J connectivity index is 2.13. The highest BCUT2D eigenvalue weighted by atomic mass is 32.1. The van der Waals surface area contributed by atoms with E-state index in [0.717, 1.165) is 24.4 Å². The lowest BCUT2D eigenvalue weighted by molar-refractivity contribution is 0.405. The van der Waals surface area contributed by atoms with Crippen molar-refractivity contribution in [2.24, 2.45) is 0 Å². The number of thiol groups is 1. The van der Waals surface area contributed by atoms with Crippen LogP contribution in [0.1, 0.15) is 6.42 Å². The Hall–Kier alpha value is -1.45. The summed E-state index contributed by atoms with van der Waals surface area (Å²) in [4.78, 5) is 3.21. The molecule has 0 aromatic heterocycles. The first-order chi connectivity index (χ1) is 9.68. The third-order valence-corrected chi connectivity index (χ3v) is 3.61. The number of hydrogen-bond acceptors (Lipinski definition) is 3. The first-order valence-electron chi connectivity index (χ1n) is 6.94. The van der Waals surface area contributed by atoms with Crippen LogP contribution in [0.25, 0.3) is 11.1 Å². The minimum Gasteiger partial charge on any atom is -0.384 e. The van der Waals surface area contributed by atoms with Crippen LogP contribution in [0.2, 0.25) is 0 Å². The van der Waals surface area contributed by atoms with Gasteiger partial charge in [0.25, 0.3) is 0 Å². The van der Waals surface area contributed by atoms with E-state index >= 15 is 0 Å². The number of nitrogens with one attached hydrogen (secondary N) is 1. The maximum Gasteiger partial charge on any atom is 0.0420 e. The van der Waals surface area contributed by atoms with E-state index < -0.39 is 0 Å². The summed E-state index contributed by atoms with van der Waals surface area (Å²) in [6, 6.07) is 16.6. The van der Waals surface area contributed by atoms with Crippen LogP contribution in [-0.4, -0.2) is 32.1 Å². The second-order valence-electron chi connectivity index (χ2n) is 5.15. The quantitative estimate of drug-likeness (QED) is 0.616. The lowest BCUT2D eigenvalue weighted by atomic mass is 10.0. The Bertz CT molecular complexity index is 552. The van der Waals surface area contributed by atoms with Gasteiger partial charge >= 0.3 is 0 Å². The average molecular weight is 286 g/mol. The second-order valence-corrected chi connectivity index (χ2v) is 5.63. The van der Waals surface area contributed by atoms with Gasteiger partial charge in [-0.05, 0) is 44.8 Å². The van der Waals surface area contributed by atoms with Crippen molar-refractivity contribution >= 4 is 18.3 Å². The maximum absolute atomic E-state index is 4.56. The fourth-order valence-electron chi connectivity index (χ4n) is 2.19. The molecule has 0 aliphatic carbocycles. The van der Waals surface area contributed by atoms with Gasteiger partial charge in [0.2, 0.25) is 0 Å². The molecule has 2 aromatic carbocycles. The molecule has 0 heterocycles. The van der Waals surface area contributed by atoms with Crippen LogP contribution in [0.15, 0.2) is 53.4 Å². The smallest absolute Gasteiger partial charge is 0.0420 e. The van der Waals surface area contributed by atoms with Crippen molar-refractivity contribution in [3.05, 3.63) is 48.5 Å². The monoisotopic (exact) mass is 286 g/mol. The molecule has 2 aromatic rings. The topological polar surface area (TPSA) is 15.3 Å². The van der Waals surface area contributed by atoms with Crippen molar-refractivity contribution in [1.29, 1.82) is 0 Å². The van der Waals surface area contributed by atoms with Crippen LogP contribution >= 0.6 is 12.6 Å². The summed E-state index contributed by atoms with van der Waals surface area (Å²) >= 11 is 4.56. The molecule has 0 radical (unpaired) electrons. The highest BCUT2D eigenvalue weighted by molar-refractivity contribution is 7.80. The highest BCUT2D eigenvalue weighted by Crippen LogP contribution is 2.32. The molecule has 2 rings (SSSR count). The summed E-state index contributed by atoms with van der Waals surface area (Å²) in [5.41, 5.74) is 3.56. The summed E-state index contributed by atoms with van der Waals surface area (Å²) in [6.07, 6.45) is 1.13. The first kappa shape index (κ1) is 14.9. The maximum atomic E-state index is 4.56. The van der Waals surface area contributed by atoms with E-state index in [2.05, 4.69) is 73.3 Å². The Labute approximate surface area is 127 Å². The predicted molar refractivity (Wildman–Crippen MR) is 90.8 cm³/mol. The van der Waals surface area contributed by atoms with Crippen LogP contribution < -0.4 is 5.32 Å². The Morgan fingerprint density at radius 1 is 0.950 bits per heavy atom. The van der Waals surface area contributed by atoms with E-state index in [0.29, 0.717) is 0 Å². The van der Waals surface area contributed by atoms with E-state index in [1.165, 1.54) is 16.8 Å². The summed E-state index contributed by atoms with van der Waals surface area (Å²) < 4.78 is 0. The molecule has 0 aliphatic heterocycles. The fourth-order valence-corrected chi connectivity index (χ4v) is 2.47. The lowest BCUT2D eigenvalue weighted by Crippen LogP contribution is -2.16. The van der Waals surface area contributed by atoms with Crippen molar-refractivity contribution < 1.29 is 0 Å². The number of anilines is 1. The standard InChI is InChI=1S/C17H22N2S/c1-19(2)13-7-12-18-16-10-5-3-8-14(16)15-9-4-6-11-17(15)20/h3-6,8-11,18,20H,7,12-13H2,1-2H3. The van der Waals surface area contributed by atoms with Crippen LogP contribution in [-0.2, 0) is 0 Å². The fraction of sp³-hybridized carbons (Fsp3) is 0.294. The minimum absolute atomic E-state index is 0.976. The molecule has 0 amide bonds. The Morgan fingerprint density at radius 2 is 1.60 bits per heavy atom. The summed E-state index contributed by atoms with van der Waals surface area (Å²) in [5, 5.41) is 3.53. The highest BCUT2D eigenvalue weighted by Gasteiger charge is 2.06. The van der Waals surface area contributed by atoms with Crippen LogP contribution in [0.3, 0.4) is 0 Å². The SMILES string of the molecule is CN(C)CCCNc1ccccc1-c1ccccc1S. The molecule has 0 aliphatic rings. The van der Waals surface area contributed by atoms with Crippen molar-refractivity contribution in [3.8, 4) is 11.1 Å². The Kier molecular flexibility index (Phi) is 5.50. The van der Waals surface area contributed by atoms with Crippen LogP contribution in [0.5, 0.6) is 0 Å². The van der Waals surface area contributed by atoms with Crippen molar-refractivity contribution in [2.45, 2.75) is 11.3 Å². The lowest BCUT2D eigenvalue weighted by Gasteiger charge is -2.14. The number of benzene rings is 2. The summed E-state index contributed by atoms with van der Waals surface area (Å²) in [5.74, 6) is 0. The van der Waals surface area contributed by atoms with E-state index in [4.69, 9.17) is 0 Å². The summed E-state index contributed by atoms with van der Waals surface area (Å²) in [7, 11) is 4.20. The van der Waals surface area contributed by atoms with Crippen molar-refractivity contribution in [2.75, 3.05) is 32.5 Å². The first-order valence-corrected chi connectivity index (χ1v) is 7.39. The molecule has 20 heavy (non-hydrogen) atoms. The molecular formula is C17H22N2S. The average Bonchev–Trinajstić information content (AvgIpc) is 2.44. The van der Waals surface area contributed by atoms with Crippen molar-refractivity contribution in [1.82, 2.24) is 4.90 Å². The van der Waals surface area contributed by atoms with Gasteiger partial charge < -0.3 is 10.2 Å². The van der Waals surface area contributed by atoms with Gasteiger partial charge in [-0.1, -0.05) is 36.4 Å². The second kappa shape index (κ2) is 7.36. The van der Waals surface area contributed by atoms with Crippen LogP contribution in [0.4, 0.5) is 5.69 Å². The molecule has 0 fully saturated rings. The van der Waals surface area contributed by atoms with E-state index in [9.17, 15) is 0 Å². The third kappa shape index (κ3) is 4.02.